The second-order valence-electron chi connectivity index (χ2n) is 6.09. The molecule has 0 bridgehead atoms. The maximum atomic E-state index is 12.4. The number of aromatic carboxylic acids is 2. The summed E-state index contributed by atoms with van der Waals surface area (Å²) in [5, 5.41) is 19.5. The summed E-state index contributed by atoms with van der Waals surface area (Å²) in [6, 6.07) is 0.884. The molecule has 7 nitrogen and oxygen atoms in total. The molecule has 3 N–H and O–H groups in total. The van der Waals surface area contributed by atoms with E-state index in [2.05, 4.69) is 15.3 Å². The summed E-state index contributed by atoms with van der Waals surface area (Å²) in [6.07, 6.45) is -8.14. The smallest absolute Gasteiger partial charge is 0.417 e. The summed E-state index contributed by atoms with van der Waals surface area (Å²) in [4.78, 5) is 27.9. The van der Waals surface area contributed by atoms with E-state index in [1.54, 1.807) is 13.8 Å². The lowest BCUT2D eigenvalue weighted by atomic mass is 10.1. The fourth-order valence-electron chi connectivity index (χ4n) is 1.92. The Bertz CT molecular complexity index is 964. The Labute approximate surface area is 175 Å². The summed E-state index contributed by atoms with van der Waals surface area (Å²) in [6.45, 7) is 3.45. The lowest BCUT2D eigenvalue weighted by Gasteiger charge is -2.13. The zero-order valence-corrected chi connectivity index (χ0v) is 16.4. The molecule has 0 amide bonds. The largest absolute Gasteiger partial charge is 0.478 e. The van der Waals surface area contributed by atoms with Crippen molar-refractivity contribution in [1.29, 1.82) is 0 Å². The van der Waals surface area contributed by atoms with Crippen molar-refractivity contribution in [2.75, 3.05) is 5.32 Å². The van der Waals surface area contributed by atoms with Gasteiger partial charge in [-0.3, -0.25) is 0 Å². The number of halogens is 7. The van der Waals surface area contributed by atoms with Crippen LogP contribution in [0.3, 0.4) is 0 Å². The third kappa shape index (κ3) is 7.59. The molecule has 0 atom stereocenters. The monoisotopic (exact) mass is 473 g/mol. The van der Waals surface area contributed by atoms with Gasteiger partial charge in [-0.1, -0.05) is 11.6 Å². The van der Waals surface area contributed by atoms with Gasteiger partial charge in [0.05, 0.1) is 16.7 Å². The normalized spacial score (nSPS) is 11.5. The number of anilines is 1. The lowest BCUT2D eigenvalue weighted by molar-refractivity contribution is -0.138. The molecule has 0 saturated heterocycles. The molecule has 0 saturated carbocycles. The molecular formula is C17H14ClF6N3O4. The van der Waals surface area contributed by atoms with E-state index in [0.29, 0.717) is 24.5 Å². The van der Waals surface area contributed by atoms with Gasteiger partial charge in [0.15, 0.2) is 0 Å². The highest BCUT2D eigenvalue weighted by Gasteiger charge is 2.33. The Morgan fingerprint density at radius 3 is 1.71 bits per heavy atom. The number of carbonyl (C=O) groups is 2. The van der Waals surface area contributed by atoms with Crippen molar-refractivity contribution >= 4 is 29.4 Å². The lowest BCUT2D eigenvalue weighted by Crippen LogP contribution is -2.17. The van der Waals surface area contributed by atoms with Gasteiger partial charge in [0.2, 0.25) is 0 Å². The van der Waals surface area contributed by atoms with E-state index in [4.69, 9.17) is 21.8 Å². The quantitative estimate of drug-likeness (QED) is 0.419. The number of hydrogen-bond acceptors (Lipinski definition) is 5. The molecule has 0 aliphatic rings. The van der Waals surface area contributed by atoms with Crippen molar-refractivity contribution in [3.05, 3.63) is 51.9 Å². The number of nitrogens with zero attached hydrogens (tertiary/aromatic N) is 2. The predicted octanol–water partition coefficient (Wildman–Crippen LogP) is 5.07. The van der Waals surface area contributed by atoms with Crippen LogP contribution < -0.4 is 5.32 Å². The Morgan fingerprint density at radius 2 is 1.32 bits per heavy atom. The minimum absolute atomic E-state index is 0.0690. The highest BCUT2D eigenvalue weighted by atomic mass is 35.5. The first-order chi connectivity index (χ1) is 14.0. The fourth-order valence-corrected chi connectivity index (χ4v) is 2.11. The van der Waals surface area contributed by atoms with E-state index in [1.807, 2.05) is 0 Å². The second-order valence-corrected chi connectivity index (χ2v) is 6.45. The maximum absolute atomic E-state index is 12.4. The van der Waals surface area contributed by atoms with Crippen LogP contribution in [0.5, 0.6) is 0 Å². The van der Waals surface area contributed by atoms with Gasteiger partial charge in [-0.2, -0.15) is 26.3 Å². The van der Waals surface area contributed by atoms with Gasteiger partial charge in [-0.25, -0.2) is 19.6 Å². The average Bonchev–Trinajstić information content (AvgIpc) is 2.60. The Morgan fingerprint density at radius 1 is 0.903 bits per heavy atom. The molecule has 0 fully saturated rings. The minimum Gasteiger partial charge on any atom is -0.478 e. The Balaban J connectivity index is 0.000000316. The number of hydrogen-bond donors (Lipinski definition) is 3. The van der Waals surface area contributed by atoms with Crippen LogP contribution in [0.2, 0.25) is 5.15 Å². The molecule has 0 radical (unpaired) electrons. The first-order valence-corrected chi connectivity index (χ1v) is 8.45. The van der Waals surface area contributed by atoms with Gasteiger partial charge in [0.25, 0.3) is 0 Å². The number of carboxylic acid groups (broad SMARTS) is 2. The van der Waals surface area contributed by atoms with Crippen molar-refractivity contribution in [3.63, 3.8) is 0 Å². The van der Waals surface area contributed by atoms with E-state index < -0.39 is 51.7 Å². The van der Waals surface area contributed by atoms with Crippen molar-refractivity contribution in [2.45, 2.75) is 32.2 Å². The SMILES string of the molecule is CC(C)Nc1ncc(C(F)(F)F)cc1C(=O)O.O=C(O)c1cc(C(F)(F)F)cnc1Cl. The number of aromatic nitrogens is 2. The van der Waals surface area contributed by atoms with Crippen LogP contribution in [-0.2, 0) is 12.4 Å². The zero-order valence-electron chi connectivity index (χ0n) is 15.6. The van der Waals surface area contributed by atoms with Gasteiger partial charge in [-0.15, -0.1) is 0 Å². The Kier molecular flexibility index (Phi) is 8.21. The number of pyridine rings is 2. The third-order valence-electron chi connectivity index (χ3n) is 3.27. The molecule has 0 aliphatic heterocycles. The molecule has 0 aromatic carbocycles. The predicted molar refractivity (Wildman–Crippen MR) is 96.2 cm³/mol. The van der Waals surface area contributed by atoms with Crippen molar-refractivity contribution < 1.29 is 46.1 Å². The summed E-state index contributed by atoms with van der Waals surface area (Å²) in [7, 11) is 0. The summed E-state index contributed by atoms with van der Waals surface area (Å²) in [5.74, 6) is -3.07. The average molecular weight is 474 g/mol. The third-order valence-corrected chi connectivity index (χ3v) is 3.57. The number of rotatable bonds is 4. The fraction of sp³-hybridized carbons (Fsp3) is 0.294. The van der Waals surface area contributed by atoms with Crippen molar-refractivity contribution in [3.8, 4) is 0 Å². The van der Waals surface area contributed by atoms with Crippen LogP contribution in [0, 0.1) is 0 Å². The number of nitrogens with one attached hydrogen (secondary N) is 1. The molecule has 0 aliphatic carbocycles. The summed E-state index contributed by atoms with van der Waals surface area (Å²) >= 11 is 5.28. The van der Waals surface area contributed by atoms with Gasteiger partial charge in [0, 0.05) is 18.4 Å². The minimum atomic E-state index is -4.62. The molecule has 2 aromatic rings. The molecular weight excluding hydrogens is 460 g/mol. The van der Waals surface area contributed by atoms with Gasteiger partial charge in [-0.05, 0) is 26.0 Å². The van der Waals surface area contributed by atoms with Crippen LogP contribution in [0.4, 0.5) is 32.2 Å². The number of carboxylic acids is 2. The van der Waals surface area contributed by atoms with Crippen LogP contribution in [-0.4, -0.2) is 38.2 Å². The van der Waals surface area contributed by atoms with Crippen LogP contribution in [0.15, 0.2) is 24.5 Å². The zero-order chi connectivity index (χ0) is 24.1. The molecule has 2 heterocycles. The van der Waals surface area contributed by atoms with Gasteiger partial charge < -0.3 is 15.5 Å². The van der Waals surface area contributed by atoms with E-state index in [-0.39, 0.29) is 11.9 Å². The molecule has 0 spiro atoms. The standard InChI is InChI=1S/C10H11F3N2O2.C7H3ClF3NO2/c1-5(2)15-8-7(9(16)17)3-6(4-14-8)10(11,12)13;8-5-4(6(13)14)1-3(2-12-5)7(9,10)11/h3-5H,1-2H3,(H,14,15)(H,16,17);1-2H,(H,13,14). The highest BCUT2D eigenvalue weighted by molar-refractivity contribution is 6.32. The second kappa shape index (κ2) is 9.81. The maximum Gasteiger partial charge on any atom is 0.417 e. The highest BCUT2D eigenvalue weighted by Crippen LogP contribution is 2.31. The van der Waals surface area contributed by atoms with E-state index in [9.17, 15) is 35.9 Å². The van der Waals surface area contributed by atoms with E-state index in [0.717, 1.165) is 0 Å². The Hall–Kier alpha value is -3.09. The molecule has 31 heavy (non-hydrogen) atoms. The molecule has 2 rings (SSSR count). The van der Waals surface area contributed by atoms with E-state index in [1.165, 1.54) is 0 Å². The van der Waals surface area contributed by atoms with E-state index >= 15 is 0 Å². The number of alkyl halides is 6. The first-order valence-electron chi connectivity index (χ1n) is 8.07. The van der Waals surface area contributed by atoms with Crippen LogP contribution >= 0.6 is 11.6 Å². The van der Waals surface area contributed by atoms with Gasteiger partial charge >= 0.3 is 24.3 Å². The van der Waals surface area contributed by atoms with Crippen LogP contribution in [0.25, 0.3) is 0 Å². The molecule has 2 aromatic heterocycles. The summed E-state index contributed by atoms with van der Waals surface area (Å²) < 4.78 is 73.4. The van der Waals surface area contributed by atoms with Crippen molar-refractivity contribution in [1.82, 2.24) is 9.97 Å². The van der Waals surface area contributed by atoms with Crippen molar-refractivity contribution in [2.24, 2.45) is 0 Å². The summed E-state index contributed by atoms with van der Waals surface area (Å²) in [5.41, 5.74) is -3.38. The van der Waals surface area contributed by atoms with Crippen LogP contribution in [0.1, 0.15) is 45.7 Å². The molecule has 170 valence electrons. The topological polar surface area (TPSA) is 112 Å². The molecule has 0 unspecified atom stereocenters. The first kappa shape index (κ1) is 25.9. The van der Waals surface area contributed by atoms with Gasteiger partial charge in [0.1, 0.15) is 16.5 Å². The molecule has 14 heteroatoms.